The molecule has 1 fully saturated rings. The lowest BCUT2D eigenvalue weighted by Gasteiger charge is -2.17. The molecule has 3 amide bonds. The molecule has 1 atom stereocenters. The number of amides is 3. The average Bonchev–Trinajstić information content (AvgIpc) is 3.47. The fourth-order valence-electron chi connectivity index (χ4n) is 4.39. The number of fused-ring (bicyclic) bond motifs is 1. The highest BCUT2D eigenvalue weighted by Gasteiger charge is 2.37. The van der Waals surface area contributed by atoms with E-state index in [2.05, 4.69) is 5.32 Å². The summed E-state index contributed by atoms with van der Waals surface area (Å²) in [5, 5.41) is 2.90. The highest BCUT2D eigenvalue weighted by molar-refractivity contribution is 6.21. The Balaban J connectivity index is 1.22. The van der Waals surface area contributed by atoms with Crippen LogP contribution in [0.15, 0.2) is 72.8 Å². The van der Waals surface area contributed by atoms with E-state index in [0.29, 0.717) is 47.8 Å². The molecule has 2 aliphatic heterocycles. The number of rotatable bonds is 8. The smallest absolute Gasteiger partial charge is 0.261 e. The highest BCUT2D eigenvalue weighted by Crippen LogP contribution is 2.31. The number of anilines is 1. The molecule has 178 valence electrons. The van der Waals surface area contributed by atoms with E-state index in [-0.39, 0.29) is 30.4 Å². The zero-order valence-corrected chi connectivity index (χ0v) is 19.2. The maximum Gasteiger partial charge on any atom is 0.261 e. The Hall–Kier alpha value is -3.97. The third-order valence-corrected chi connectivity index (χ3v) is 6.19. The SMILES string of the molecule is O=C(CCc1ccccc1)Nc1cccc(Oc2ccc3c(c2)C(=O)N(CC2CCCO2)C3=O)c1. The van der Waals surface area contributed by atoms with Gasteiger partial charge in [0.2, 0.25) is 5.91 Å². The molecule has 0 aliphatic carbocycles. The van der Waals surface area contributed by atoms with E-state index in [4.69, 9.17) is 9.47 Å². The lowest BCUT2D eigenvalue weighted by atomic mass is 10.1. The van der Waals surface area contributed by atoms with E-state index in [9.17, 15) is 14.4 Å². The van der Waals surface area contributed by atoms with E-state index in [1.807, 2.05) is 30.3 Å². The number of imide groups is 1. The molecule has 7 nitrogen and oxygen atoms in total. The van der Waals surface area contributed by atoms with Crippen LogP contribution in [0.1, 0.15) is 45.5 Å². The minimum Gasteiger partial charge on any atom is -0.457 e. The van der Waals surface area contributed by atoms with Gasteiger partial charge in [-0.3, -0.25) is 19.3 Å². The average molecular weight is 471 g/mol. The Morgan fingerprint density at radius 3 is 2.54 bits per heavy atom. The normalized spacial score (nSPS) is 16.9. The predicted octanol–water partition coefficient (Wildman–Crippen LogP) is 4.83. The zero-order valence-electron chi connectivity index (χ0n) is 19.2. The molecule has 35 heavy (non-hydrogen) atoms. The van der Waals surface area contributed by atoms with Crippen LogP contribution in [0.4, 0.5) is 5.69 Å². The van der Waals surface area contributed by atoms with Crippen LogP contribution in [0.5, 0.6) is 11.5 Å². The number of aryl methyl sites for hydroxylation is 1. The topological polar surface area (TPSA) is 84.9 Å². The van der Waals surface area contributed by atoms with Crippen molar-refractivity contribution in [2.75, 3.05) is 18.5 Å². The van der Waals surface area contributed by atoms with Crippen molar-refractivity contribution in [3.63, 3.8) is 0 Å². The van der Waals surface area contributed by atoms with Crippen molar-refractivity contribution in [3.05, 3.63) is 89.5 Å². The highest BCUT2D eigenvalue weighted by atomic mass is 16.5. The molecule has 0 saturated carbocycles. The number of benzene rings is 3. The van der Waals surface area contributed by atoms with Gasteiger partial charge in [-0.2, -0.15) is 0 Å². The van der Waals surface area contributed by atoms with Gasteiger partial charge in [0, 0.05) is 24.8 Å². The van der Waals surface area contributed by atoms with Crippen molar-refractivity contribution in [1.29, 1.82) is 0 Å². The molecule has 1 unspecified atom stereocenters. The van der Waals surface area contributed by atoms with Gasteiger partial charge in [-0.25, -0.2) is 0 Å². The molecule has 0 bridgehead atoms. The predicted molar refractivity (Wildman–Crippen MR) is 131 cm³/mol. The second-order valence-electron chi connectivity index (χ2n) is 8.73. The summed E-state index contributed by atoms with van der Waals surface area (Å²) in [5.41, 5.74) is 2.44. The van der Waals surface area contributed by atoms with Crippen LogP contribution in [-0.4, -0.2) is 41.9 Å². The van der Waals surface area contributed by atoms with Crippen LogP contribution in [0.3, 0.4) is 0 Å². The van der Waals surface area contributed by atoms with Crippen molar-refractivity contribution >= 4 is 23.4 Å². The molecule has 2 heterocycles. The zero-order chi connectivity index (χ0) is 24.2. The molecule has 0 aromatic heterocycles. The van der Waals surface area contributed by atoms with Gasteiger partial charge in [0.05, 0.1) is 23.8 Å². The first-order valence-corrected chi connectivity index (χ1v) is 11.8. The summed E-state index contributed by atoms with van der Waals surface area (Å²) >= 11 is 0. The minimum atomic E-state index is -0.328. The number of nitrogens with one attached hydrogen (secondary N) is 1. The van der Waals surface area contributed by atoms with E-state index in [1.165, 1.54) is 4.90 Å². The van der Waals surface area contributed by atoms with Gasteiger partial charge in [0.1, 0.15) is 11.5 Å². The Kier molecular flexibility index (Phi) is 6.59. The molecule has 3 aromatic carbocycles. The van der Waals surface area contributed by atoms with Crippen LogP contribution < -0.4 is 10.1 Å². The summed E-state index contributed by atoms with van der Waals surface area (Å²) in [7, 11) is 0. The van der Waals surface area contributed by atoms with Crippen LogP contribution in [0.25, 0.3) is 0 Å². The summed E-state index contributed by atoms with van der Waals surface area (Å²) in [5.74, 6) is 0.242. The molecule has 0 spiro atoms. The van der Waals surface area contributed by atoms with Crippen molar-refractivity contribution in [2.45, 2.75) is 31.8 Å². The molecular weight excluding hydrogens is 444 g/mol. The third kappa shape index (κ3) is 5.25. The Morgan fingerprint density at radius 2 is 1.74 bits per heavy atom. The van der Waals surface area contributed by atoms with Crippen molar-refractivity contribution in [2.24, 2.45) is 0 Å². The van der Waals surface area contributed by atoms with E-state index < -0.39 is 0 Å². The van der Waals surface area contributed by atoms with Gasteiger partial charge in [0.25, 0.3) is 11.8 Å². The van der Waals surface area contributed by atoms with Gasteiger partial charge in [0.15, 0.2) is 0 Å². The number of hydrogen-bond acceptors (Lipinski definition) is 5. The maximum atomic E-state index is 12.9. The molecule has 7 heteroatoms. The first kappa shape index (κ1) is 22.8. The summed E-state index contributed by atoms with van der Waals surface area (Å²) in [6.45, 7) is 0.937. The lowest BCUT2D eigenvalue weighted by molar-refractivity contribution is -0.116. The van der Waals surface area contributed by atoms with Gasteiger partial charge >= 0.3 is 0 Å². The van der Waals surface area contributed by atoms with Crippen molar-refractivity contribution < 1.29 is 23.9 Å². The fraction of sp³-hybridized carbons (Fsp3) is 0.250. The quantitative estimate of drug-likeness (QED) is 0.477. The molecule has 1 N–H and O–H groups in total. The van der Waals surface area contributed by atoms with Gasteiger partial charge < -0.3 is 14.8 Å². The molecule has 0 radical (unpaired) electrons. The van der Waals surface area contributed by atoms with Crippen LogP contribution in [0, 0.1) is 0 Å². The number of hydrogen-bond donors (Lipinski definition) is 1. The number of ether oxygens (including phenoxy) is 2. The second-order valence-corrected chi connectivity index (χ2v) is 8.73. The van der Waals surface area contributed by atoms with Gasteiger partial charge in [-0.15, -0.1) is 0 Å². The second kappa shape index (κ2) is 10.1. The standard InChI is InChI=1S/C28H26N2O5/c31-26(14-11-19-6-2-1-3-7-19)29-20-8-4-9-21(16-20)35-22-12-13-24-25(17-22)28(33)30(27(24)32)18-23-10-5-15-34-23/h1-4,6-9,12-13,16-17,23H,5,10-11,14-15,18H2,(H,29,31). The van der Waals surface area contributed by atoms with Gasteiger partial charge in [-0.05, 0) is 55.2 Å². The first-order valence-electron chi connectivity index (χ1n) is 11.8. The summed E-state index contributed by atoms with van der Waals surface area (Å²) in [6.07, 6.45) is 2.73. The van der Waals surface area contributed by atoms with Crippen molar-refractivity contribution in [3.8, 4) is 11.5 Å². The summed E-state index contributed by atoms with van der Waals surface area (Å²) in [6, 6.07) is 21.8. The number of carbonyl (C=O) groups excluding carboxylic acids is 3. The monoisotopic (exact) mass is 470 g/mol. The largest absolute Gasteiger partial charge is 0.457 e. The minimum absolute atomic E-state index is 0.0843. The van der Waals surface area contributed by atoms with E-state index in [0.717, 1.165) is 18.4 Å². The summed E-state index contributed by atoms with van der Waals surface area (Å²) in [4.78, 5) is 39.2. The first-order chi connectivity index (χ1) is 17.1. The van der Waals surface area contributed by atoms with Gasteiger partial charge in [-0.1, -0.05) is 36.4 Å². The van der Waals surface area contributed by atoms with E-state index in [1.54, 1.807) is 42.5 Å². The van der Waals surface area contributed by atoms with E-state index >= 15 is 0 Å². The Bertz CT molecular complexity index is 1250. The molecule has 2 aliphatic rings. The lowest BCUT2D eigenvalue weighted by Crippen LogP contribution is -2.36. The Labute approximate surface area is 203 Å². The molecule has 5 rings (SSSR count). The maximum absolute atomic E-state index is 12.9. The molecule has 1 saturated heterocycles. The Morgan fingerprint density at radius 1 is 0.943 bits per heavy atom. The van der Waals surface area contributed by atoms with Crippen LogP contribution in [0.2, 0.25) is 0 Å². The molecular formula is C28H26N2O5. The van der Waals surface area contributed by atoms with Crippen LogP contribution >= 0.6 is 0 Å². The summed E-state index contributed by atoms with van der Waals surface area (Å²) < 4.78 is 11.5. The molecule has 3 aromatic rings. The number of carbonyl (C=O) groups is 3. The third-order valence-electron chi connectivity index (χ3n) is 6.19. The van der Waals surface area contributed by atoms with Crippen molar-refractivity contribution in [1.82, 2.24) is 4.90 Å². The van der Waals surface area contributed by atoms with Crippen LogP contribution in [-0.2, 0) is 16.0 Å². The number of nitrogens with zero attached hydrogens (tertiary/aromatic N) is 1. The fourth-order valence-corrected chi connectivity index (χ4v) is 4.39.